The van der Waals surface area contributed by atoms with E-state index >= 15 is 0 Å². The Kier molecular flexibility index (Phi) is 6.46. The lowest BCUT2D eigenvalue weighted by molar-refractivity contribution is 0.135. The van der Waals surface area contributed by atoms with Crippen molar-refractivity contribution in [3.05, 3.63) is 53.6 Å². The second kappa shape index (κ2) is 8.57. The summed E-state index contributed by atoms with van der Waals surface area (Å²) in [7, 11) is 4.81. The maximum absolute atomic E-state index is 10.4. The Bertz CT molecular complexity index is 645. The number of methoxy groups -OCH3 is 3. The first-order valence-electron chi connectivity index (χ1n) is 7.86. The highest BCUT2D eigenvalue weighted by Gasteiger charge is 2.17. The minimum absolute atomic E-state index is 0.120. The molecule has 0 saturated heterocycles. The lowest BCUT2D eigenvalue weighted by Crippen LogP contribution is -2.31. The van der Waals surface area contributed by atoms with E-state index in [9.17, 15) is 5.11 Å². The number of rotatable bonds is 8. The first-order valence-corrected chi connectivity index (χ1v) is 7.86. The summed E-state index contributed by atoms with van der Waals surface area (Å²) in [6.07, 6.45) is -0.586. The molecule has 0 unspecified atom stereocenters. The maximum atomic E-state index is 10.4. The van der Waals surface area contributed by atoms with Gasteiger partial charge in [-0.25, -0.2) is 0 Å². The van der Waals surface area contributed by atoms with Gasteiger partial charge in [0.05, 0.1) is 27.4 Å². The molecule has 0 aliphatic heterocycles. The summed E-state index contributed by atoms with van der Waals surface area (Å²) in [6.45, 7) is 2.49. The van der Waals surface area contributed by atoms with Crippen LogP contribution in [0.15, 0.2) is 42.5 Å². The largest absolute Gasteiger partial charge is 0.496 e. The van der Waals surface area contributed by atoms with E-state index in [0.717, 1.165) is 11.1 Å². The van der Waals surface area contributed by atoms with Crippen molar-refractivity contribution in [1.29, 1.82) is 0 Å². The van der Waals surface area contributed by atoms with E-state index in [4.69, 9.17) is 14.2 Å². The summed E-state index contributed by atoms with van der Waals surface area (Å²) in [5, 5.41) is 13.8. The van der Waals surface area contributed by atoms with Crippen molar-refractivity contribution in [2.45, 2.75) is 25.6 Å². The van der Waals surface area contributed by atoms with Gasteiger partial charge in [0, 0.05) is 24.2 Å². The summed E-state index contributed by atoms with van der Waals surface area (Å²) in [5.41, 5.74) is 1.82. The molecule has 0 heterocycles. The van der Waals surface area contributed by atoms with E-state index in [1.807, 2.05) is 43.3 Å². The van der Waals surface area contributed by atoms with Crippen molar-refractivity contribution in [2.75, 3.05) is 21.3 Å². The molecule has 0 aliphatic carbocycles. The molecule has 0 saturated carbocycles. The SMILES string of the molecule is COc1cc(OC)c(OC)cc1CN[C@H](C)[C@H](O)c1ccccc1. The fraction of sp³-hybridized carbons (Fsp3) is 0.368. The highest BCUT2D eigenvalue weighted by atomic mass is 16.5. The normalized spacial score (nSPS) is 13.2. The van der Waals surface area contributed by atoms with Gasteiger partial charge in [-0.05, 0) is 18.6 Å². The van der Waals surface area contributed by atoms with Crippen LogP contribution >= 0.6 is 0 Å². The van der Waals surface area contributed by atoms with E-state index in [0.29, 0.717) is 23.8 Å². The fourth-order valence-corrected chi connectivity index (χ4v) is 2.55. The monoisotopic (exact) mass is 331 g/mol. The topological polar surface area (TPSA) is 60.0 Å². The molecule has 0 bridgehead atoms. The fourth-order valence-electron chi connectivity index (χ4n) is 2.55. The minimum Gasteiger partial charge on any atom is -0.496 e. The first-order chi connectivity index (χ1) is 11.6. The van der Waals surface area contributed by atoms with Gasteiger partial charge in [-0.1, -0.05) is 30.3 Å². The van der Waals surface area contributed by atoms with Crippen molar-refractivity contribution in [3.8, 4) is 17.2 Å². The maximum Gasteiger partial charge on any atom is 0.164 e. The average molecular weight is 331 g/mol. The number of hydrogen-bond acceptors (Lipinski definition) is 5. The number of ether oxygens (including phenoxy) is 3. The molecular weight excluding hydrogens is 306 g/mol. The van der Waals surface area contributed by atoms with Crippen LogP contribution in [-0.2, 0) is 6.54 Å². The van der Waals surface area contributed by atoms with Crippen molar-refractivity contribution >= 4 is 0 Å². The second-order valence-electron chi connectivity index (χ2n) is 5.54. The lowest BCUT2D eigenvalue weighted by atomic mass is 10.0. The number of aliphatic hydroxyl groups excluding tert-OH is 1. The summed E-state index contributed by atoms with van der Waals surface area (Å²) in [5.74, 6) is 1.98. The zero-order valence-electron chi connectivity index (χ0n) is 14.6. The van der Waals surface area contributed by atoms with Gasteiger partial charge in [0.1, 0.15) is 5.75 Å². The minimum atomic E-state index is -0.586. The Labute approximate surface area is 143 Å². The third kappa shape index (κ3) is 4.19. The predicted octanol–water partition coefficient (Wildman–Crippen LogP) is 2.92. The zero-order chi connectivity index (χ0) is 17.5. The Morgan fingerprint density at radius 2 is 1.50 bits per heavy atom. The van der Waals surface area contributed by atoms with Gasteiger partial charge in [0.2, 0.25) is 0 Å². The Hall–Kier alpha value is -2.24. The second-order valence-corrected chi connectivity index (χ2v) is 5.54. The van der Waals surface area contributed by atoms with Crippen LogP contribution in [0.3, 0.4) is 0 Å². The molecule has 2 atom stereocenters. The molecule has 2 aromatic rings. The van der Waals surface area contributed by atoms with Crippen LogP contribution in [0.4, 0.5) is 0 Å². The number of aliphatic hydroxyl groups is 1. The Morgan fingerprint density at radius 1 is 0.917 bits per heavy atom. The molecule has 2 rings (SSSR count). The third-order valence-electron chi connectivity index (χ3n) is 4.02. The van der Waals surface area contributed by atoms with Gasteiger partial charge in [-0.3, -0.25) is 0 Å². The first kappa shape index (κ1) is 18.1. The molecular formula is C19H25NO4. The summed E-state index contributed by atoms with van der Waals surface area (Å²) in [6, 6.07) is 13.2. The van der Waals surface area contributed by atoms with Crippen LogP contribution in [0, 0.1) is 0 Å². The molecule has 0 fully saturated rings. The van der Waals surface area contributed by atoms with Gasteiger partial charge in [0.25, 0.3) is 0 Å². The molecule has 5 nitrogen and oxygen atoms in total. The molecule has 0 radical (unpaired) electrons. The highest BCUT2D eigenvalue weighted by Crippen LogP contribution is 2.34. The van der Waals surface area contributed by atoms with Crippen LogP contribution < -0.4 is 19.5 Å². The van der Waals surface area contributed by atoms with Gasteiger partial charge < -0.3 is 24.6 Å². The lowest BCUT2D eigenvalue weighted by Gasteiger charge is -2.22. The van der Waals surface area contributed by atoms with Crippen molar-refractivity contribution in [1.82, 2.24) is 5.32 Å². The van der Waals surface area contributed by atoms with Crippen LogP contribution in [0.25, 0.3) is 0 Å². The molecule has 24 heavy (non-hydrogen) atoms. The molecule has 5 heteroatoms. The van der Waals surface area contributed by atoms with Gasteiger partial charge in [-0.2, -0.15) is 0 Å². The van der Waals surface area contributed by atoms with E-state index < -0.39 is 6.10 Å². The van der Waals surface area contributed by atoms with Gasteiger partial charge in [0.15, 0.2) is 11.5 Å². The summed E-state index contributed by atoms with van der Waals surface area (Å²) < 4.78 is 16.1. The predicted molar refractivity (Wildman–Crippen MR) is 93.8 cm³/mol. The molecule has 2 aromatic carbocycles. The van der Waals surface area contributed by atoms with Crippen molar-refractivity contribution in [3.63, 3.8) is 0 Å². The van der Waals surface area contributed by atoms with Gasteiger partial charge in [-0.15, -0.1) is 0 Å². The number of nitrogens with one attached hydrogen (secondary N) is 1. The van der Waals surface area contributed by atoms with Crippen LogP contribution in [0.1, 0.15) is 24.2 Å². The highest BCUT2D eigenvalue weighted by molar-refractivity contribution is 5.50. The van der Waals surface area contributed by atoms with Gasteiger partial charge >= 0.3 is 0 Å². The smallest absolute Gasteiger partial charge is 0.164 e. The molecule has 0 spiro atoms. The Morgan fingerprint density at radius 3 is 2.08 bits per heavy atom. The molecule has 0 amide bonds. The van der Waals surface area contributed by atoms with E-state index in [1.54, 1.807) is 27.4 Å². The van der Waals surface area contributed by atoms with Crippen molar-refractivity contribution < 1.29 is 19.3 Å². The number of benzene rings is 2. The molecule has 130 valence electrons. The van der Waals surface area contributed by atoms with Crippen LogP contribution in [0.2, 0.25) is 0 Å². The van der Waals surface area contributed by atoms with E-state index in [1.165, 1.54) is 0 Å². The standard InChI is InChI=1S/C19H25NO4/c1-13(19(21)14-8-6-5-7-9-14)20-12-15-10-17(23-3)18(24-4)11-16(15)22-2/h5-11,13,19-21H,12H2,1-4H3/t13-,19+/m1/s1. The quantitative estimate of drug-likeness (QED) is 0.779. The number of hydrogen-bond donors (Lipinski definition) is 2. The van der Waals surface area contributed by atoms with E-state index in [-0.39, 0.29) is 6.04 Å². The molecule has 2 N–H and O–H groups in total. The molecule has 0 aliphatic rings. The van der Waals surface area contributed by atoms with Crippen molar-refractivity contribution in [2.24, 2.45) is 0 Å². The van der Waals surface area contributed by atoms with Crippen LogP contribution in [0.5, 0.6) is 17.2 Å². The van der Waals surface area contributed by atoms with E-state index in [2.05, 4.69) is 5.32 Å². The third-order valence-corrected chi connectivity index (χ3v) is 4.02. The zero-order valence-corrected chi connectivity index (χ0v) is 14.6. The Balaban J connectivity index is 2.10. The summed E-state index contributed by atoms with van der Waals surface area (Å²) >= 11 is 0. The van der Waals surface area contributed by atoms with Crippen LogP contribution in [-0.4, -0.2) is 32.5 Å². The summed E-state index contributed by atoms with van der Waals surface area (Å²) in [4.78, 5) is 0. The molecule has 0 aromatic heterocycles. The average Bonchev–Trinajstić information content (AvgIpc) is 2.65.